The van der Waals surface area contributed by atoms with E-state index in [0.717, 1.165) is 38.8 Å². The molecule has 1 saturated carbocycles. The summed E-state index contributed by atoms with van der Waals surface area (Å²) in [5, 5.41) is 12.5. The van der Waals surface area contributed by atoms with Gasteiger partial charge in [0.25, 0.3) is 0 Å². The quantitative estimate of drug-likeness (QED) is 0.517. The van der Waals surface area contributed by atoms with Gasteiger partial charge in [-0.3, -0.25) is 4.79 Å². The summed E-state index contributed by atoms with van der Waals surface area (Å²) < 4.78 is 0. The zero-order valence-electron chi connectivity index (χ0n) is 13.9. The zero-order valence-corrected chi connectivity index (χ0v) is 13.9. The Morgan fingerprint density at radius 2 is 1.52 bits per heavy atom. The van der Waals surface area contributed by atoms with Crippen LogP contribution in [0.3, 0.4) is 0 Å². The van der Waals surface area contributed by atoms with Crippen LogP contribution in [0.1, 0.15) is 84.0 Å². The number of hydrogen-bond acceptors (Lipinski definition) is 2. The van der Waals surface area contributed by atoms with Gasteiger partial charge < -0.3 is 10.4 Å². The number of carbonyl (C=O) groups is 1. The fourth-order valence-electron chi connectivity index (χ4n) is 3.30. The fraction of sp³-hybridized carbons (Fsp3) is 0.944. The maximum Gasteiger partial charge on any atom is 0.306 e. The molecule has 0 atom stereocenters. The second-order valence-corrected chi connectivity index (χ2v) is 6.73. The van der Waals surface area contributed by atoms with E-state index in [0.29, 0.717) is 5.92 Å². The molecule has 3 nitrogen and oxygen atoms in total. The number of carboxylic acids is 1. The van der Waals surface area contributed by atoms with Gasteiger partial charge in [-0.05, 0) is 51.1 Å². The molecule has 1 aliphatic rings. The van der Waals surface area contributed by atoms with E-state index in [1.54, 1.807) is 0 Å². The normalized spacial score (nSPS) is 22.3. The van der Waals surface area contributed by atoms with Gasteiger partial charge >= 0.3 is 5.97 Å². The highest BCUT2D eigenvalue weighted by molar-refractivity contribution is 5.69. The average molecular weight is 297 g/mol. The Kier molecular flexibility index (Phi) is 10.6. The molecule has 1 fully saturated rings. The SMILES string of the molecule is CCCCCCCCCCNCC1CCC(C(=O)O)CC1. The van der Waals surface area contributed by atoms with Crippen LogP contribution < -0.4 is 5.32 Å². The molecule has 0 heterocycles. The summed E-state index contributed by atoms with van der Waals surface area (Å²) in [5.41, 5.74) is 0. The van der Waals surface area contributed by atoms with E-state index in [4.69, 9.17) is 5.11 Å². The first-order chi connectivity index (χ1) is 10.2. The Labute approximate surface area is 130 Å². The van der Waals surface area contributed by atoms with E-state index in [2.05, 4.69) is 12.2 Å². The van der Waals surface area contributed by atoms with Crippen LogP contribution in [0.15, 0.2) is 0 Å². The van der Waals surface area contributed by atoms with E-state index >= 15 is 0 Å². The lowest BCUT2D eigenvalue weighted by Crippen LogP contribution is -2.29. The first-order valence-electron chi connectivity index (χ1n) is 9.17. The number of aliphatic carboxylic acids is 1. The average Bonchev–Trinajstić information content (AvgIpc) is 2.49. The monoisotopic (exact) mass is 297 g/mol. The molecule has 1 aliphatic carbocycles. The Bertz CT molecular complexity index is 260. The summed E-state index contributed by atoms with van der Waals surface area (Å²) >= 11 is 0. The van der Waals surface area contributed by atoms with Gasteiger partial charge in [0.15, 0.2) is 0 Å². The summed E-state index contributed by atoms with van der Waals surface area (Å²) in [7, 11) is 0. The van der Waals surface area contributed by atoms with Gasteiger partial charge in [-0.2, -0.15) is 0 Å². The topological polar surface area (TPSA) is 49.3 Å². The van der Waals surface area contributed by atoms with Crippen molar-refractivity contribution in [1.29, 1.82) is 0 Å². The van der Waals surface area contributed by atoms with Crippen molar-refractivity contribution in [2.45, 2.75) is 84.0 Å². The molecular weight excluding hydrogens is 262 g/mol. The van der Waals surface area contributed by atoms with Crippen LogP contribution in [-0.4, -0.2) is 24.2 Å². The highest BCUT2D eigenvalue weighted by atomic mass is 16.4. The van der Waals surface area contributed by atoms with Crippen molar-refractivity contribution < 1.29 is 9.90 Å². The van der Waals surface area contributed by atoms with E-state index in [1.807, 2.05) is 0 Å². The lowest BCUT2D eigenvalue weighted by molar-refractivity contribution is -0.143. The van der Waals surface area contributed by atoms with Gasteiger partial charge in [0, 0.05) is 0 Å². The predicted molar refractivity (Wildman–Crippen MR) is 88.6 cm³/mol. The molecular formula is C18H35NO2. The third kappa shape index (κ3) is 9.13. The maximum absolute atomic E-state index is 10.9. The molecule has 3 heteroatoms. The van der Waals surface area contributed by atoms with Crippen LogP contribution in [0, 0.1) is 11.8 Å². The predicted octanol–water partition coefficient (Wildman–Crippen LogP) is 4.61. The van der Waals surface area contributed by atoms with Crippen molar-refractivity contribution in [3.63, 3.8) is 0 Å². The van der Waals surface area contributed by atoms with Crippen LogP contribution in [0.4, 0.5) is 0 Å². The number of unbranched alkanes of at least 4 members (excludes halogenated alkanes) is 7. The first-order valence-corrected chi connectivity index (χ1v) is 9.17. The number of rotatable bonds is 12. The second kappa shape index (κ2) is 12.0. The Balaban J connectivity index is 1.84. The molecule has 0 aromatic rings. The number of nitrogens with one attached hydrogen (secondary N) is 1. The first kappa shape index (κ1) is 18.5. The molecule has 0 aliphatic heterocycles. The highest BCUT2D eigenvalue weighted by Crippen LogP contribution is 2.28. The summed E-state index contributed by atoms with van der Waals surface area (Å²) in [6, 6.07) is 0. The molecule has 1 rings (SSSR count). The van der Waals surface area contributed by atoms with Crippen LogP contribution >= 0.6 is 0 Å². The summed E-state index contributed by atoms with van der Waals surface area (Å²) in [5.74, 6) is 0.0314. The maximum atomic E-state index is 10.9. The molecule has 0 aromatic carbocycles. The molecule has 21 heavy (non-hydrogen) atoms. The second-order valence-electron chi connectivity index (χ2n) is 6.73. The fourth-order valence-corrected chi connectivity index (χ4v) is 3.30. The Morgan fingerprint density at radius 1 is 0.952 bits per heavy atom. The Morgan fingerprint density at radius 3 is 2.10 bits per heavy atom. The molecule has 124 valence electrons. The van der Waals surface area contributed by atoms with E-state index in [9.17, 15) is 4.79 Å². The molecule has 0 radical (unpaired) electrons. The van der Waals surface area contributed by atoms with Crippen LogP contribution in [0.25, 0.3) is 0 Å². The third-order valence-corrected chi connectivity index (χ3v) is 4.84. The number of carboxylic acid groups (broad SMARTS) is 1. The minimum atomic E-state index is -0.597. The van der Waals surface area contributed by atoms with Crippen LogP contribution in [-0.2, 0) is 4.79 Å². The van der Waals surface area contributed by atoms with Gasteiger partial charge in [-0.1, -0.05) is 51.9 Å². The minimum absolute atomic E-state index is 0.0750. The zero-order chi connectivity index (χ0) is 15.3. The van der Waals surface area contributed by atoms with Crippen molar-refractivity contribution in [3.8, 4) is 0 Å². The van der Waals surface area contributed by atoms with Crippen molar-refractivity contribution >= 4 is 5.97 Å². The van der Waals surface area contributed by atoms with Gasteiger partial charge in [-0.25, -0.2) is 0 Å². The summed E-state index contributed by atoms with van der Waals surface area (Å²) in [6.07, 6.45) is 14.9. The van der Waals surface area contributed by atoms with Gasteiger partial charge in [-0.15, -0.1) is 0 Å². The van der Waals surface area contributed by atoms with Gasteiger partial charge in [0.2, 0.25) is 0 Å². The van der Waals surface area contributed by atoms with Crippen LogP contribution in [0.5, 0.6) is 0 Å². The standard InChI is InChI=1S/C18H35NO2/c1-2-3-4-5-6-7-8-9-14-19-15-16-10-12-17(13-11-16)18(20)21/h16-17,19H,2-15H2,1H3,(H,20,21). The minimum Gasteiger partial charge on any atom is -0.481 e. The number of hydrogen-bond donors (Lipinski definition) is 2. The van der Waals surface area contributed by atoms with Crippen molar-refractivity contribution in [2.75, 3.05) is 13.1 Å². The molecule has 2 N–H and O–H groups in total. The molecule has 0 unspecified atom stereocenters. The van der Waals surface area contributed by atoms with Crippen molar-refractivity contribution in [3.05, 3.63) is 0 Å². The van der Waals surface area contributed by atoms with E-state index in [1.165, 1.54) is 51.4 Å². The van der Waals surface area contributed by atoms with Gasteiger partial charge in [0.05, 0.1) is 5.92 Å². The Hall–Kier alpha value is -0.570. The van der Waals surface area contributed by atoms with E-state index < -0.39 is 5.97 Å². The van der Waals surface area contributed by atoms with Gasteiger partial charge in [0.1, 0.15) is 0 Å². The lowest BCUT2D eigenvalue weighted by Gasteiger charge is -2.26. The molecule has 0 spiro atoms. The van der Waals surface area contributed by atoms with Crippen molar-refractivity contribution in [1.82, 2.24) is 5.32 Å². The smallest absolute Gasteiger partial charge is 0.306 e. The molecule has 0 saturated heterocycles. The highest BCUT2D eigenvalue weighted by Gasteiger charge is 2.25. The summed E-state index contributed by atoms with van der Waals surface area (Å²) in [4.78, 5) is 10.9. The third-order valence-electron chi connectivity index (χ3n) is 4.84. The largest absolute Gasteiger partial charge is 0.481 e. The summed E-state index contributed by atoms with van der Waals surface area (Å²) in [6.45, 7) is 4.48. The van der Waals surface area contributed by atoms with Crippen LogP contribution in [0.2, 0.25) is 0 Å². The van der Waals surface area contributed by atoms with Crippen molar-refractivity contribution in [2.24, 2.45) is 11.8 Å². The molecule has 0 amide bonds. The molecule has 0 bridgehead atoms. The lowest BCUT2D eigenvalue weighted by atomic mass is 9.82. The van der Waals surface area contributed by atoms with E-state index in [-0.39, 0.29) is 5.92 Å². The molecule has 0 aromatic heterocycles.